The predicted molar refractivity (Wildman–Crippen MR) is 86.8 cm³/mol. The summed E-state index contributed by atoms with van der Waals surface area (Å²) in [5.41, 5.74) is 3.68. The molecule has 4 rings (SSSR count). The van der Waals surface area contributed by atoms with E-state index in [2.05, 4.69) is 34.3 Å². The van der Waals surface area contributed by atoms with Crippen LogP contribution in [-0.2, 0) is 10.2 Å². The molecular weight excluding hydrogens is 274 g/mol. The second kappa shape index (κ2) is 4.70. The van der Waals surface area contributed by atoms with Crippen LogP contribution in [-0.4, -0.2) is 15.9 Å². The fourth-order valence-electron chi connectivity index (χ4n) is 2.95. The maximum Gasteiger partial charge on any atom is 0.237 e. The molecule has 1 amide bonds. The number of nitrogens with zero attached hydrogens (tertiary/aromatic N) is 1. The highest BCUT2D eigenvalue weighted by Gasteiger charge is 2.51. The van der Waals surface area contributed by atoms with Crippen LogP contribution in [0.25, 0.3) is 11.0 Å². The third-order valence-electron chi connectivity index (χ3n) is 4.38. The van der Waals surface area contributed by atoms with Gasteiger partial charge in [-0.15, -0.1) is 0 Å². The highest BCUT2D eigenvalue weighted by Crippen LogP contribution is 2.49. The van der Waals surface area contributed by atoms with Crippen molar-refractivity contribution in [3.05, 3.63) is 59.7 Å². The summed E-state index contributed by atoms with van der Waals surface area (Å²) < 4.78 is 0. The topological polar surface area (TPSA) is 57.8 Å². The van der Waals surface area contributed by atoms with Gasteiger partial charge in [-0.2, -0.15) is 0 Å². The van der Waals surface area contributed by atoms with E-state index in [0.717, 1.165) is 29.4 Å². The number of H-pyrrole nitrogens is 1. The Kier molecular flexibility index (Phi) is 2.79. The van der Waals surface area contributed by atoms with Gasteiger partial charge in [0, 0.05) is 0 Å². The number of hydrogen-bond acceptors (Lipinski definition) is 2. The van der Waals surface area contributed by atoms with Gasteiger partial charge < -0.3 is 4.98 Å². The van der Waals surface area contributed by atoms with E-state index >= 15 is 0 Å². The van der Waals surface area contributed by atoms with Crippen LogP contribution in [0.1, 0.15) is 24.0 Å². The predicted octanol–water partition coefficient (Wildman–Crippen LogP) is 3.54. The number of benzene rings is 2. The molecule has 0 atom stereocenters. The quantitative estimate of drug-likeness (QED) is 0.775. The van der Waals surface area contributed by atoms with E-state index < -0.39 is 0 Å². The van der Waals surface area contributed by atoms with E-state index in [1.54, 1.807) is 0 Å². The third kappa shape index (κ3) is 2.08. The third-order valence-corrected chi connectivity index (χ3v) is 4.38. The number of para-hydroxylation sites is 2. The first kappa shape index (κ1) is 13.1. The van der Waals surface area contributed by atoms with Gasteiger partial charge in [-0.05, 0) is 37.5 Å². The molecule has 1 aromatic heterocycles. The molecule has 0 saturated heterocycles. The number of carbonyl (C=O) groups excluding carboxylic acids is 1. The Morgan fingerprint density at radius 1 is 1.18 bits per heavy atom. The average molecular weight is 291 g/mol. The lowest BCUT2D eigenvalue weighted by Crippen LogP contribution is -2.28. The Morgan fingerprint density at radius 3 is 2.73 bits per heavy atom. The van der Waals surface area contributed by atoms with Crippen molar-refractivity contribution in [2.24, 2.45) is 0 Å². The molecular formula is C18H17N3O. The van der Waals surface area contributed by atoms with Crippen LogP contribution < -0.4 is 5.32 Å². The van der Waals surface area contributed by atoms with E-state index in [1.165, 1.54) is 5.56 Å². The number of rotatable bonds is 3. The first-order chi connectivity index (χ1) is 10.7. The van der Waals surface area contributed by atoms with Gasteiger partial charge in [0.1, 0.15) is 0 Å². The van der Waals surface area contributed by atoms with E-state index in [1.807, 2.05) is 36.4 Å². The molecule has 1 heterocycles. The van der Waals surface area contributed by atoms with Gasteiger partial charge in [-0.3, -0.25) is 10.1 Å². The minimum Gasteiger partial charge on any atom is -0.324 e. The van der Waals surface area contributed by atoms with Gasteiger partial charge in [0.2, 0.25) is 11.9 Å². The zero-order valence-corrected chi connectivity index (χ0v) is 12.4. The summed E-state index contributed by atoms with van der Waals surface area (Å²) in [6, 6.07) is 16.0. The summed E-state index contributed by atoms with van der Waals surface area (Å²) in [4.78, 5) is 20.3. The van der Waals surface area contributed by atoms with Crippen molar-refractivity contribution in [2.45, 2.75) is 25.2 Å². The Balaban J connectivity index is 1.61. The van der Waals surface area contributed by atoms with Crippen molar-refractivity contribution in [3.63, 3.8) is 0 Å². The van der Waals surface area contributed by atoms with Crippen LogP contribution in [0.3, 0.4) is 0 Å². The highest BCUT2D eigenvalue weighted by molar-refractivity contribution is 6.01. The lowest BCUT2D eigenvalue weighted by molar-refractivity contribution is -0.118. The van der Waals surface area contributed by atoms with Gasteiger partial charge in [-0.25, -0.2) is 4.98 Å². The molecule has 4 nitrogen and oxygen atoms in total. The maximum absolute atomic E-state index is 12.7. The van der Waals surface area contributed by atoms with E-state index in [0.29, 0.717) is 5.95 Å². The molecule has 1 aliphatic carbocycles. The van der Waals surface area contributed by atoms with E-state index in [-0.39, 0.29) is 11.3 Å². The SMILES string of the molecule is Cc1cccc(C2(C(=O)Nc3nc4ccccc4[nH]3)CC2)c1. The Morgan fingerprint density at radius 2 is 2.00 bits per heavy atom. The van der Waals surface area contributed by atoms with Gasteiger partial charge in [-0.1, -0.05) is 42.0 Å². The smallest absolute Gasteiger partial charge is 0.237 e. The summed E-state index contributed by atoms with van der Waals surface area (Å²) in [7, 11) is 0. The standard InChI is InChI=1S/C18H17N3O/c1-12-5-4-6-13(11-12)18(9-10-18)16(22)21-17-19-14-7-2-3-8-15(14)20-17/h2-8,11H,9-10H2,1H3,(H2,19,20,21,22). The van der Waals surface area contributed by atoms with Gasteiger partial charge in [0.05, 0.1) is 16.4 Å². The van der Waals surface area contributed by atoms with Gasteiger partial charge in [0.25, 0.3) is 0 Å². The first-order valence-electron chi connectivity index (χ1n) is 7.51. The molecule has 0 spiro atoms. The number of anilines is 1. The number of imidazole rings is 1. The van der Waals surface area contributed by atoms with Gasteiger partial charge >= 0.3 is 0 Å². The number of amides is 1. The lowest BCUT2D eigenvalue weighted by Gasteiger charge is -2.15. The van der Waals surface area contributed by atoms with Crippen LogP contribution in [0.2, 0.25) is 0 Å². The van der Waals surface area contributed by atoms with Crippen molar-refractivity contribution < 1.29 is 4.79 Å². The van der Waals surface area contributed by atoms with E-state index in [9.17, 15) is 4.79 Å². The molecule has 2 aromatic carbocycles. The van der Waals surface area contributed by atoms with Crippen molar-refractivity contribution in [1.29, 1.82) is 0 Å². The van der Waals surface area contributed by atoms with Crippen LogP contribution >= 0.6 is 0 Å². The van der Waals surface area contributed by atoms with Crippen molar-refractivity contribution in [3.8, 4) is 0 Å². The van der Waals surface area contributed by atoms with Crippen LogP contribution in [0.5, 0.6) is 0 Å². The second-order valence-corrected chi connectivity index (χ2v) is 6.01. The highest BCUT2D eigenvalue weighted by atomic mass is 16.2. The first-order valence-corrected chi connectivity index (χ1v) is 7.51. The number of nitrogens with one attached hydrogen (secondary N) is 2. The average Bonchev–Trinajstić information content (AvgIpc) is 3.23. The molecule has 1 aliphatic rings. The monoisotopic (exact) mass is 291 g/mol. The molecule has 4 heteroatoms. The Hall–Kier alpha value is -2.62. The summed E-state index contributed by atoms with van der Waals surface area (Å²) in [5.74, 6) is 0.544. The van der Waals surface area contributed by atoms with Crippen LogP contribution in [0.4, 0.5) is 5.95 Å². The maximum atomic E-state index is 12.7. The summed E-state index contributed by atoms with van der Waals surface area (Å²) in [6.45, 7) is 2.05. The molecule has 0 aliphatic heterocycles. The molecule has 22 heavy (non-hydrogen) atoms. The minimum atomic E-state index is -0.384. The minimum absolute atomic E-state index is 0.0251. The molecule has 3 aromatic rings. The molecule has 0 radical (unpaired) electrons. The Labute approximate surface area is 128 Å². The summed E-state index contributed by atoms with van der Waals surface area (Å²) in [6.07, 6.45) is 1.78. The van der Waals surface area contributed by atoms with Gasteiger partial charge in [0.15, 0.2) is 0 Å². The largest absolute Gasteiger partial charge is 0.324 e. The zero-order chi connectivity index (χ0) is 15.2. The number of aryl methyl sites for hydroxylation is 1. The molecule has 0 bridgehead atoms. The number of fused-ring (bicyclic) bond motifs is 1. The lowest BCUT2D eigenvalue weighted by atomic mass is 9.94. The fraction of sp³-hybridized carbons (Fsp3) is 0.222. The molecule has 2 N–H and O–H groups in total. The second-order valence-electron chi connectivity index (χ2n) is 6.01. The summed E-state index contributed by atoms with van der Waals surface area (Å²) in [5, 5.41) is 2.95. The van der Waals surface area contributed by atoms with E-state index in [4.69, 9.17) is 0 Å². The number of hydrogen-bond donors (Lipinski definition) is 2. The Bertz CT molecular complexity index is 828. The number of aromatic nitrogens is 2. The summed E-state index contributed by atoms with van der Waals surface area (Å²) >= 11 is 0. The number of carbonyl (C=O) groups is 1. The molecule has 110 valence electrons. The fourth-order valence-corrected chi connectivity index (χ4v) is 2.95. The van der Waals surface area contributed by atoms with Crippen LogP contribution in [0.15, 0.2) is 48.5 Å². The molecule has 0 unspecified atom stereocenters. The van der Waals surface area contributed by atoms with Crippen molar-refractivity contribution in [2.75, 3.05) is 5.32 Å². The molecule has 1 fully saturated rings. The number of aromatic amines is 1. The van der Waals surface area contributed by atoms with Crippen LogP contribution in [0, 0.1) is 6.92 Å². The van der Waals surface area contributed by atoms with Crippen molar-refractivity contribution >= 4 is 22.9 Å². The molecule has 1 saturated carbocycles. The van der Waals surface area contributed by atoms with Crippen molar-refractivity contribution in [1.82, 2.24) is 9.97 Å². The normalized spacial score (nSPS) is 15.7. The zero-order valence-electron chi connectivity index (χ0n) is 12.4.